The third-order valence-corrected chi connectivity index (χ3v) is 14.3. The maximum atomic E-state index is 13.0. The van der Waals surface area contributed by atoms with Crippen LogP contribution < -0.4 is 5.32 Å². The van der Waals surface area contributed by atoms with Gasteiger partial charge in [-0.05, 0) is 44.9 Å². The van der Waals surface area contributed by atoms with Crippen LogP contribution in [0.2, 0.25) is 0 Å². The standard InChI is InChI=1S/C58H111NO10/c1-3-5-7-9-10-11-12-13-14-15-16-17-18-19-20-21-22-23-24-25-26-27-28-29-30-31-32-33-34-35-36-37-38-39-40-41-42-44-46-51(62)57(67)59-49(53(63)50(61)45-43-8-6-4-2)48-68-58-56(66)55(65)54(64)52(47-60)69-58/h22-23,25-26,49-56,58,60-66H,3-21,24,27-48H2,1-2H3,(H,59,67)/b23-22-,26-25-. The zero-order valence-corrected chi connectivity index (χ0v) is 44.6. The van der Waals surface area contributed by atoms with Crippen molar-refractivity contribution in [1.82, 2.24) is 5.32 Å². The fourth-order valence-electron chi connectivity index (χ4n) is 9.47. The first kappa shape index (κ1) is 65.6. The Kier molecular flexibility index (Phi) is 45.2. The minimum atomic E-state index is -1.66. The van der Waals surface area contributed by atoms with Gasteiger partial charge in [-0.1, -0.05) is 250 Å². The summed E-state index contributed by atoms with van der Waals surface area (Å²) in [7, 11) is 0. The molecule has 9 unspecified atom stereocenters. The van der Waals surface area contributed by atoms with Gasteiger partial charge >= 0.3 is 0 Å². The lowest BCUT2D eigenvalue weighted by Gasteiger charge is -2.40. The van der Waals surface area contributed by atoms with E-state index in [1.54, 1.807) is 0 Å². The molecule has 1 rings (SSSR count). The van der Waals surface area contributed by atoms with Crippen molar-refractivity contribution in [3.8, 4) is 0 Å². The second kappa shape index (κ2) is 47.6. The molecule has 0 aromatic heterocycles. The van der Waals surface area contributed by atoms with Gasteiger partial charge in [0.05, 0.1) is 25.4 Å². The number of aliphatic hydroxyl groups excluding tert-OH is 7. The summed E-state index contributed by atoms with van der Waals surface area (Å²) in [5.41, 5.74) is 0. The van der Waals surface area contributed by atoms with Gasteiger partial charge in [0, 0.05) is 0 Å². The summed E-state index contributed by atoms with van der Waals surface area (Å²) in [5.74, 6) is -0.702. The van der Waals surface area contributed by atoms with E-state index in [1.807, 2.05) is 0 Å². The lowest BCUT2D eigenvalue weighted by molar-refractivity contribution is -0.303. The summed E-state index contributed by atoms with van der Waals surface area (Å²) in [6.07, 6.45) is 46.6. The predicted molar refractivity (Wildman–Crippen MR) is 284 cm³/mol. The molecule has 0 aromatic rings. The Hall–Kier alpha value is -1.41. The highest BCUT2D eigenvalue weighted by atomic mass is 16.7. The van der Waals surface area contributed by atoms with Crippen LogP contribution in [0.25, 0.3) is 0 Å². The molecule has 0 aliphatic carbocycles. The predicted octanol–water partition coefficient (Wildman–Crippen LogP) is 12.1. The van der Waals surface area contributed by atoms with Gasteiger partial charge in [-0.2, -0.15) is 0 Å². The van der Waals surface area contributed by atoms with Gasteiger partial charge in [0.15, 0.2) is 6.29 Å². The maximum Gasteiger partial charge on any atom is 0.249 e. The minimum absolute atomic E-state index is 0.261. The monoisotopic (exact) mass is 982 g/mol. The van der Waals surface area contributed by atoms with Crippen LogP contribution in [0.3, 0.4) is 0 Å². The van der Waals surface area contributed by atoms with Crippen molar-refractivity contribution in [3.63, 3.8) is 0 Å². The SMILES string of the molecule is CCCCCCCCCCCCCCCCC/C=C\C/C=C\CCCCCCCCCCCCCCCCCCC(O)C(=O)NC(COC1OC(CO)C(O)C(O)C1O)C(O)C(O)CCCCCC. The van der Waals surface area contributed by atoms with Crippen molar-refractivity contribution in [2.24, 2.45) is 0 Å². The first-order valence-corrected chi connectivity index (χ1v) is 29.2. The van der Waals surface area contributed by atoms with Crippen molar-refractivity contribution in [1.29, 1.82) is 0 Å². The molecule has 11 heteroatoms. The molecule has 0 bridgehead atoms. The van der Waals surface area contributed by atoms with E-state index in [9.17, 15) is 40.5 Å². The topological polar surface area (TPSA) is 189 Å². The van der Waals surface area contributed by atoms with Crippen molar-refractivity contribution in [2.75, 3.05) is 13.2 Å². The number of hydrogen-bond acceptors (Lipinski definition) is 10. The first-order chi connectivity index (χ1) is 33.7. The zero-order chi connectivity index (χ0) is 50.4. The maximum absolute atomic E-state index is 13.0. The van der Waals surface area contributed by atoms with E-state index in [4.69, 9.17) is 9.47 Å². The average molecular weight is 983 g/mol. The summed E-state index contributed by atoms with van der Waals surface area (Å²) in [4.78, 5) is 13.0. The normalized spacial score (nSPS) is 20.5. The molecule has 1 saturated heterocycles. The smallest absolute Gasteiger partial charge is 0.249 e. The third-order valence-electron chi connectivity index (χ3n) is 14.3. The molecule has 1 heterocycles. The van der Waals surface area contributed by atoms with E-state index in [1.165, 1.54) is 186 Å². The molecule has 1 amide bonds. The van der Waals surface area contributed by atoms with Crippen LogP contribution in [0.15, 0.2) is 24.3 Å². The molecule has 1 aliphatic rings. The number of amides is 1. The van der Waals surface area contributed by atoms with E-state index in [-0.39, 0.29) is 6.42 Å². The molecule has 1 fully saturated rings. The summed E-state index contributed by atoms with van der Waals surface area (Å²) in [6, 6.07) is -1.16. The van der Waals surface area contributed by atoms with Gasteiger partial charge in [-0.15, -0.1) is 0 Å². The van der Waals surface area contributed by atoms with Gasteiger partial charge in [-0.25, -0.2) is 0 Å². The van der Waals surface area contributed by atoms with Gasteiger partial charge in [0.1, 0.15) is 36.6 Å². The van der Waals surface area contributed by atoms with Crippen LogP contribution in [0.4, 0.5) is 0 Å². The molecule has 408 valence electrons. The van der Waals surface area contributed by atoms with Crippen LogP contribution in [-0.4, -0.2) is 110 Å². The van der Waals surface area contributed by atoms with Crippen LogP contribution in [-0.2, 0) is 14.3 Å². The number of allylic oxidation sites excluding steroid dienone is 4. The molecular formula is C58H111NO10. The van der Waals surface area contributed by atoms with Crippen LogP contribution in [0.5, 0.6) is 0 Å². The zero-order valence-electron chi connectivity index (χ0n) is 44.6. The molecule has 8 N–H and O–H groups in total. The summed E-state index contributed by atoms with van der Waals surface area (Å²) in [6.45, 7) is 3.31. The average Bonchev–Trinajstić information content (AvgIpc) is 3.35. The van der Waals surface area contributed by atoms with Crippen molar-refractivity contribution in [2.45, 2.75) is 326 Å². The van der Waals surface area contributed by atoms with Crippen LogP contribution in [0.1, 0.15) is 271 Å². The number of ether oxygens (including phenoxy) is 2. The number of nitrogens with one attached hydrogen (secondary N) is 1. The van der Waals surface area contributed by atoms with Gasteiger partial charge in [0.25, 0.3) is 0 Å². The second-order valence-electron chi connectivity index (χ2n) is 20.7. The highest BCUT2D eigenvalue weighted by Gasteiger charge is 2.44. The first-order valence-electron chi connectivity index (χ1n) is 29.2. The van der Waals surface area contributed by atoms with Gasteiger partial charge < -0.3 is 50.5 Å². The lowest BCUT2D eigenvalue weighted by atomic mass is 9.98. The Bertz CT molecular complexity index is 1170. The number of unbranched alkanes of at least 4 members (excludes halogenated alkanes) is 34. The van der Waals surface area contributed by atoms with E-state index >= 15 is 0 Å². The Morgan fingerprint density at radius 2 is 0.884 bits per heavy atom. The summed E-state index contributed by atoms with van der Waals surface area (Å²) >= 11 is 0. The van der Waals surface area contributed by atoms with Crippen LogP contribution >= 0.6 is 0 Å². The summed E-state index contributed by atoms with van der Waals surface area (Å²) in [5, 5.41) is 75.1. The molecule has 0 saturated carbocycles. The second-order valence-corrected chi connectivity index (χ2v) is 20.7. The fraction of sp³-hybridized carbons (Fsp3) is 0.914. The minimum Gasteiger partial charge on any atom is -0.394 e. The van der Waals surface area contributed by atoms with E-state index in [0.717, 1.165) is 44.9 Å². The fourth-order valence-corrected chi connectivity index (χ4v) is 9.47. The molecule has 0 radical (unpaired) electrons. The highest BCUT2D eigenvalue weighted by Crippen LogP contribution is 2.23. The molecular weight excluding hydrogens is 871 g/mol. The number of aliphatic hydroxyl groups is 7. The molecule has 1 aliphatic heterocycles. The number of hydrogen-bond donors (Lipinski definition) is 8. The van der Waals surface area contributed by atoms with E-state index in [0.29, 0.717) is 19.3 Å². The van der Waals surface area contributed by atoms with Gasteiger partial charge in [-0.3, -0.25) is 4.79 Å². The van der Waals surface area contributed by atoms with E-state index in [2.05, 4.69) is 43.5 Å². The lowest BCUT2D eigenvalue weighted by Crippen LogP contribution is -2.60. The molecule has 9 atom stereocenters. The molecule has 11 nitrogen and oxygen atoms in total. The highest BCUT2D eigenvalue weighted by molar-refractivity contribution is 5.80. The van der Waals surface area contributed by atoms with Crippen LogP contribution in [0, 0.1) is 0 Å². The van der Waals surface area contributed by atoms with Crippen molar-refractivity contribution in [3.05, 3.63) is 24.3 Å². The quantitative estimate of drug-likeness (QED) is 0.0215. The molecule has 0 spiro atoms. The largest absolute Gasteiger partial charge is 0.394 e. The Morgan fingerprint density at radius 1 is 0.507 bits per heavy atom. The number of rotatable bonds is 50. The van der Waals surface area contributed by atoms with E-state index < -0.39 is 74.2 Å². The third kappa shape index (κ3) is 36.2. The van der Waals surface area contributed by atoms with Crippen molar-refractivity contribution < 1.29 is 50.0 Å². The molecule has 69 heavy (non-hydrogen) atoms. The Balaban J connectivity index is 2.01. The number of carbonyl (C=O) groups is 1. The summed E-state index contributed by atoms with van der Waals surface area (Å²) < 4.78 is 11.0. The Labute approximate surface area is 423 Å². The van der Waals surface area contributed by atoms with Crippen molar-refractivity contribution >= 4 is 5.91 Å². The Morgan fingerprint density at radius 3 is 1.30 bits per heavy atom. The number of carbonyl (C=O) groups excluding carboxylic acids is 1. The van der Waals surface area contributed by atoms with Gasteiger partial charge in [0.2, 0.25) is 5.91 Å². The molecule has 0 aromatic carbocycles.